The summed E-state index contributed by atoms with van der Waals surface area (Å²) in [5, 5.41) is 0. The number of benzene rings is 1. The Hall–Kier alpha value is -2.70. The van der Waals surface area contributed by atoms with Crippen LogP contribution in [-0.4, -0.2) is 60.0 Å². The molecule has 2 saturated heterocycles. The van der Waals surface area contributed by atoms with Gasteiger partial charge >= 0.3 is 0 Å². The maximum absolute atomic E-state index is 13.1. The van der Waals surface area contributed by atoms with Crippen LogP contribution in [0.25, 0.3) is 0 Å². The van der Waals surface area contributed by atoms with E-state index in [0.717, 1.165) is 63.6 Å². The molecule has 7 heteroatoms. The molecule has 2 aromatic rings. The molecule has 0 aliphatic carbocycles. The van der Waals surface area contributed by atoms with Crippen molar-refractivity contribution in [2.45, 2.75) is 12.8 Å². The lowest BCUT2D eigenvalue weighted by atomic mass is 10.2. The molecule has 0 radical (unpaired) electrons. The highest BCUT2D eigenvalue weighted by atomic mass is 19.1. The first-order chi connectivity index (χ1) is 12.7. The zero-order valence-electron chi connectivity index (χ0n) is 14.6. The zero-order valence-corrected chi connectivity index (χ0v) is 14.6. The van der Waals surface area contributed by atoms with E-state index in [1.165, 1.54) is 12.1 Å². The first kappa shape index (κ1) is 16.8. The minimum absolute atomic E-state index is 0.0253. The van der Waals surface area contributed by atoms with E-state index in [2.05, 4.69) is 19.8 Å². The lowest BCUT2D eigenvalue weighted by Crippen LogP contribution is -2.46. The third kappa shape index (κ3) is 3.47. The molecule has 1 aromatic heterocycles. The number of aromatic nitrogens is 2. The highest BCUT2D eigenvalue weighted by molar-refractivity contribution is 5.92. The molecular weight excluding hydrogens is 333 g/mol. The number of anilines is 2. The van der Waals surface area contributed by atoms with Gasteiger partial charge in [0.1, 0.15) is 17.3 Å². The number of carbonyl (C=O) groups is 1. The smallest absolute Gasteiger partial charge is 0.274 e. The van der Waals surface area contributed by atoms with Gasteiger partial charge in [0.25, 0.3) is 5.91 Å². The van der Waals surface area contributed by atoms with Crippen LogP contribution in [0.4, 0.5) is 15.9 Å². The zero-order chi connectivity index (χ0) is 17.9. The van der Waals surface area contributed by atoms with Gasteiger partial charge in [0.05, 0.1) is 12.4 Å². The van der Waals surface area contributed by atoms with Gasteiger partial charge in [0.15, 0.2) is 0 Å². The summed E-state index contributed by atoms with van der Waals surface area (Å²) in [7, 11) is 0. The molecule has 2 fully saturated rings. The molecule has 136 valence electrons. The molecule has 2 aliphatic heterocycles. The number of piperazine rings is 1. The second-order valence-electron chi connectivity index (χ2n) is 6.71. The van der Waals surface area contributed by atoms with Crippen molar-refractivity contribution in [3.05, 3.63) is 48.2 Å². The highest BCUT2D eigenvalue weighted by Crippen LogP contribution is 2.19. The van der Waals surface area contributed by atoms with Crippen LogP contribution < -0.4 is 9.80 Å². The predicted molar refractivity (Wildman–Crippen MR) is 98.0 cm³/mol. The summed E-state index contributed by atoms with van der Waals surface area (Å²) < 4.78 is 13.1. The maximum Gasteiger partial charge on any atom is 0.274 e. The molecule has 0 atom stereocenters. The fourth-order valence-electron chi connectivity index (χ4n) is 3.52. The van der Waals surface area contributed by atoms with Gasteiger partial charge < -0.3 is 14.7 Å². The molecule has 0 unspecified atom stereocenters. The maximum atomic E-state index is 13.1. The van der Waals surface area contributed by atoms with Crippen LogP contribution in [0.5, 0.6) is 0 Å². The minimum Gasteiger partial charge on any atom is -0.368 e. The van der Waals surface area contributed by atoms with Gasteiger partial charge in [-0.1, -0.05) is 0 Å². The van der Waals surface area contributed by atoms with Gasteiger partial charge in [0.2, 0.25) is 0 Å². The monoisotopic (exact) mass is 355 g/mol. The van der Waals surface area contributed by atoms with Gasteiger partial charge in [-0.25, -0.2) is 14.4 Å². The summed E-state index contributed by atoms with van der Waals surface area (Å²) >= 11 is 0. The number of hydrogen-bond acceptors (Lipinski definition) is 5. The van der Waals surface area contributed by atoms with E-state index >= 15 is 0 Å². The lowest BCUT2D eigenvalue weighted by Gasteiger charge is -2.36. The van der Waals surface area contributed by atoms with Crippen LogP contribution >= 0.6 is 0 Å². The second-order valence-corrected chi connectivity index (χ2v) is 6.71. The number of halogens is 1. The molecule has 4 rings (SSSR count). The van der Waals surface area contributed by atoms with Crippen LogP contribution in [-0.2, 0) is 0 Å². The molecule has 6 nitrogen and oxygen atoms in total. The van der Waals surface area contributed by atoms with Crippen molar-refractivity contribution < 1.29 is 9.18 Å². The number of hydrogen-bond donors (Lipinski definition) is 0. The van der Waals surface area contributed by atoms with Crippen LogP contribution in [0.3, 0.4) is 0 Å². The molecule has 1 aromatic carbocycles. The van der Waals surface area contributed by atoms with Crippen molar-refractivity contribution in [1.82, 2.24) is 14.9 Å². The summed E-state index contributed by atoms with van der Waals surface area (Å²) in [6, 6.07) is 6.60. The van der Waals surface area contributed by atoms with Crippen LogP contribution in [0.15, 0.2) is 36.7 Å². The van der Waals surface area contributed by atoms with Crippen LogP contribution in [0, 0.1) is 5.82 Å². The summed E-state index contributed by atoms with van der Waals surface area (Å²) in [4.78, 5) is 27.4. The Morgan fingerprint density at radius 1 is 0.846 bits per heavy atom. The van der Waals surface area contributed by atoms with Crippen LogP contribution in [0.1, 0.15) is 23.3 Å². The van der Waals surface area contributed by atoms with Crippen molar-refractivity contribution in [2.24, 2.45) is 0 Å². The normalized spacial score (nSPS) is 17.7. The molecule has 3 heterocycles. The predicted octanol–water partition coefficient (Wildman–Crippen LogP) is 2.18. The topological polar surface area (TPSA) is 52.6 Å². The lowest BCUT2D eigenvalue weighted by molar-refractivity contribution is 0.0786. The summed E-state index contributed by atoms with van der Waals surface area (Å²) in [5.41, 5.74) is 1.45. The fraction of sp³-hybridized carbons (Fsp3) is 0.421. The molecule has 0 saturated carbocycles. The van der Waals surface area contributed by atoms with Crippen molar-refractivity contribution in [3.8, 4) is 0 Å². The van der Waals surface area contributed by atoms with E-state index in [1.54, 1.807) is 12.4 Å². The molecule has 0 bridgehead atoms. The van der Waals surface area contributed by atoms with Gasteiger partial charge in [-0.2, -0.15) is 0 Å². The summed E-state index contributed by atoms with van der Waals surface area (Å²) in [6.45, 7) is 4.92. The standard InChI is InChI=1S/C19H22FN5O/c20-15-3-5-16(6-4-15)23-9-11-24(12-10-23)18-14-21-17(13-22-18)19(26)25-7-1-2-8-25/h3-6,13-14H,1-2,7-12H2. The van der Waals surface area contributed by atoms with Crippen molar-refractivity contribution in [3.63, 3.8) is 0 Å². The molecule has 26 heavy (non-hydrogen) atoms. The van der Waals surface area contributed by atoms with E-state index in [0.29, 0.717) is 5.69 Å². The van der Waals surface area contributed by atoms with E-state index < -0.39 is 0 Å². The van der Waals surface area contributed by atoms with Crippen molar-refractivity contribution in [2.75, 3.05) is 49.1 Å². The van der Waals surface area contributed by atoms with E-state index in [9.17, 15) is 9.18 Å². The molecule has 2 aliphatic rings. The second kappa shape index (κ2) is 7.27. The fourth-order valence-corrected chi connectivity index (χ4v) is 3.52. The van der Waals surface area contributed by atoms with Gasteiger partial charge in [0, 0.05) is 45.0 Å². The summed E-state index contributed by atoms with van der Waals surface area (Å²) in [5.74, 6) is 0.552. The van der Waals surface area contributed by atoms with Gasteiger partial charge in [-0.15, -0.1) is 0 Å². The number of nitrogens with zero attached hydrogens (tertiary/aromatic N) is 5. The van der Waals surface area contributed by atoms with Gasteiger partial charge in [-0.3, -0.25) is 4.79 Å². The number of rotatable bonds is 3. The van der Waals surface area contributed by atoms with E-state index in [-0.39, 0.29) is 11.7 Å². The third-order valence-corrected chi connectivity index (χ3v) is 5.05. The van der Waals surface area contributed by atoms with Crippen molar-refractivity contribution in [1.29, 1.82) is 0 Å². The average molecular weight is 355 g/mol. The minimum atomic E-state index is -0.216. The first-order valence-corrected chi connectivity index (χ1v) is 9.07. The highest BCUT2D eigenvalue weighted by Gasteiger charge is 2.22. The molecule has 0 N–H and O–H groups in total. The Morgan fingerprint density at radius 3 is 2.12 bits per heavy atom. The Kier molecular flexibility index (Phi) is 4.69. The number of likely N-dealkylation sites (tertiary alicyclic amines) is 1. The average Bonchev–Trinajstić information content (AvgIpc) is 3.23. The Labute approximate surface area is 152 Å². The first-order valence-electron chi connectivity index (χ1n) is 9.07. The Bertz CT molecular complexity index is 751. The number of carbonyl (C=O) groups excluding carboxylic acids is 1. The summed E-state index contributed by atoms with van der Waals surface area (Å²) in [6.07, 6.45) is 5.41. The number of amides is 1. The largest absolute Gasteiger partial charge is 0.368 e. The molecule has 1 amide bonds. The van der Waals surface area contributed by atoms with E-state index in [1.807, 2.05) is 17.0 Å². The van der Waals surface area contributed by atoms with Crippen LogP contribution in [0.2, 0.25) is 0 Å². The molecule has 0 spiro atoms. The SMILES string of the molecule is O=C(c1cnc(N2CCN(c3ccc(F)cc3)CC2)cn1)N1CCCC1. The van der Waals surface area contributed by atoms with E-state index in [4.69, 9.17) is 0 Å². The Morgan fingerprint density at radius 2 is 1.50 bits per heavy atom. The third-order valence-electron chi connectivity index (χ3n) is 5.05. The van der Waals surface area contributed by atoms with Crippen molar-refractivity contribution >= 4 is 17.4 Å². The quantitative estimate of drug-likeness (QED) is 0.845. The Balaban J connectivity index is 1.37. The van der Waals surface area contributed by atoms with Gasteiger partial charge in [-0.05, 0) is 37.1 Å². The molecular formula is C19H22FN5O.